The minimum absolute atomic E-state index is 0.391. The van der Waals surface area contributed by atoms with Gasteiger partial charge in [-0.2, -0.15) is 4.39 Å². The van der Waals surface area contributed by atoms with Crippen LogP contribution in [0.15, 0.2) is 12.1 Å². The van der Waals surface area contributed by atoms with Gasteiger partial charge in [0, 0.05) is 3.57 Å². The van der Waals surface area contributed by atoms with Gasteiger partial charge in [-0.1, -0.05) is 6.92 Å². The van der Waals surface area contributed by atoms with Gasteiger partial charge < -0.3 is 0 Å². The standard InChI is InChI=1S/C7H7FIN/c1-2-6-5(9)3-4-7(8)10-6/h3-4H,2H2,1H3. The Hall–Kier alpha value is -0.190. The molecule has 0 atom stereocenters. The topological polar surface area (TPSA) is 12.9 Å². The molecule has 1 rings (SSSR count). The van der Waals surface area contributed by atoms with Gasteiger partial charge in [-0.25, -0.2) is 4.98 Å². The van der Waals surface area contributed by atoms with Crippen LogP contribution in [0.4, 0.5) is 4.39 Å². The van der Waals surface area contributed by atoms with Crippen LogP contribution in [-0.4, -0.2) is 4.98 Å². The molecule has 0 spiro atoms. The fourth-order valence-electron chi connectivity index (χ4n) is 0.706. The first-order chi connectivity index (χ1) is 4.74. The van der Waals surface area contributed by atoms with E-state index in [2.05, 4.69) is 27.6 Å². The second kappa shape index (κ2) is 3.27. The Morgan fingerprint density at radius 1 is 1.60 bits per heavy atom. The molecular weight excluding hydrogens is 244 g/mol. The summed E-state index contributed by atoms with van der Waals surface area (Å²) in [4.78, 5) is 3.72. The average molecular weight is 251 g/mol. The Morgan fingerprint density at radius 3 is 2.80 bits per heavy atom. The molecule has 54 valence electrons. The molecular formula is C7H7FIN. The van der Waals surface area contributed by atoms with Crippen LogP contribution < -0.4 is 0 Å². The van der Waals surface area contributed by atoms with E-state index < -0.39 is 5.95 Å². The average Bonchev–Trinajstić information content (AvgIpc) is 1.94. The Balaban J connectivity index is 3.09. The third-order valence-electron chi connectivity index (χ3n) is 1.22. The Morgan fingerprint density at radius 2 is 2.30 bits per heavy atom. The summed E-state index contributed by atoms with van der Waals surface area (Å²) in [6.45, 7) is 1.96. The van der Waals surface area contributed by atoms with Crippen LogP contribution in [0.1, 0.15) is 12.6 Å². The van der Waals surface area contributed by atoms with Gasteiger partial charge in [0.05, 0.1) is 5.69 Å². The van der Waals surface area contributed by atoms with E-state index in [9.17, 15) is 4.39 Å². The number of pyridine rings is 1. The molecule has 0 saturated heterocycles. The quantitative estimate of drug-likeness (QED) is 0.551. The molecule has 0 unspecified atom stereocenters. The van der Waals surface area contributed by atoms with Gasteiger partial charge in [0.2, 0.25) is 5.95 Å². The van der Waals surface area contributed by atoms with Crippen molar-refractivity contribution in [3.63, 3.8) is 0 Å². The molecule has 0 radical (unpaired) electrons. The van der Waals surface area contributed by atoms with Crippen LogP contribution in [0, 0.1) is 9.52 Å². The van der Waals surface area contributed by atoms with E-state index in [1.807, 2.05) is 6.92 Å². The minimum Gasteiger partial charge on any atom is -0.224 e. The van der Waals surface area contributed by atoms with E-state index in [4.69, 9.17) is 0 Å². The lowest BCUT2D eigenvalue weighted by Crippen LogP contribution is -1.93. The van der Waals surface area contributed by atoms with Crippen molar-refractivity contribution in [2.24, 2.45) is 0 Å². The van der Waals surface area contributed by atoms with Crippen molar-refractivity contribution in [2.75, 3.05) is 0 Å². The molecule has 1 aromatic heterocycles. The molecule has 0 aliphatic carbocycles. The smallest absolute Gasteiger partial charge is 0.213 e. The van der Waals surface area contributed by atoms with Gasteiger partial charge in [-0.3, -0.25) is 0 Å². The summed E-state index contributed by atoms with van der Waals surface area (Å²) in [5.41, 5.74) is 0.834. The largest absolute Gasteiger partial charge is 0.224 e. The third kappa shape index (κ3) is 1.65. The number of aromatic nitrogens is 1. The first-order valence-electron chi connectivity index (χ1n) is 3.05. The van der Waals surface area contributed by atoms with E-state index in [0.717, 1.165) is 15.7 Å². The summed E-state index contributed by atoms with van der Waals surface area (Å²) in [6.07, 6.45) is 0.788. The monoisotopic (exact) mass is 251 g/mol. The first kappa shape index (κ1) is 7.91. The van der Waals surface area contributed by atoms with Gasteiger partial charge in [0.1, 0.15) is 0 Å². The van der Waals surface area contributed by atoms with Gasteiger partial charge in [0.25, 0.3) is 0 Å². The first-order valence-corrected chi connectivity index (χ1v) is 4.13. The molecule has 3 heteroatoms. The van der Waals surface area contributed by atoms with E-state index in [1.165, 1.54) is 6.07 Å². The van der Waals surface area contributed by atoms with E-state index in [1.54, 1.807) is 6.07 Å². The molecule has 10 heavy (non-hydrogen) atoms. The lowest BCUT2D eigenvalue weighted by molar-refractivity contribution is 0.576. The zero-order chi connectivity index (χ0) is 7.56. The maximum absolute atomic E-state index is 12.4. The Bertz CT molecular complexity index is 237. The highest BCUT2D eigenvalue weighted by Gasteiger charge is 1.98. The van der Waals surface area contributed by atoms with Crippen LogP contribution in [-0.2, 0) is 6.42 Å². The Kier molecular flexibility index (Phi) is 2.59. The predicted octanol–water partition coefficient (Wildman–Crippen LogP) is 2.39. The second-order valence-electron chi connectivity index (χ2n) is 1.92. The summed E-state index contributed by atoms with van der Waals surface area (Å²) in [5, 5.41) is 0. The lowest BCUT2D eigenvalue weighted by atomic mass is 10.3. The summed E-state index contributed by atoms with van der Waals surface area (Å²) >= 11 is 2.15. The fourth-order valence-corrected chi connectivity index (χ4v) is 1.39. The normalized spacial score (nSPS) is 9.90. The van der Waals surface area contributed by atoms with Gasteiger partial charge in [0.15, 0.2) is 0 Å². The van der Waals surface area contributed by atoms with Crippen molar-refractivity contribution in [1.82, 2.24) is 4.98 Å². The van der Waals surface area contributed by atoms with Crippen LogP contribution in [0.5, 0.6) is 0 Å². The molecule has 1 nitrogen and oxygen atoms in total. The van der Waals surface area contributed by atoms with Gasteiger partial charge in [-0.05, 0) is 41.1 Å². The summed E-state index contributed by atoms with van der Waals surface area (Å²) < 4.78 is 13.4. The number of hydrogen-bond acceptors (Lipinski definition) is 1. The number of aryl methyl sites for hydroxylation is 1. The van der Waals surface area contributed by atoms with Crippen molar-refractivity contribution < 1.29 is 4.39 Å². The number of rotatable bonds is 1. The number of hydrogen-bond donors (Lipinski definition) is 0. The Labute approximate surface area is 72.8 Å². The zero-order valence-corrected chi connectivity index (χ0v) is 7.72. The SMILES string of the molecule is CCc1nc(F)ccc1I. The summed E-state index contributed by atoms with van der Waals surface area (Å²) in [5.74, 6) is -0.391. The molecule has 0 bridgehead atoms. The molecule has 0 N–H and O–H groups in total. The molecule has 1 aromatic rings. The van der Waals surface area contributed by atoms with E-state index >= 15 is 0 Å². The fraction of sp³-hybridized carbons (Fsp3) is 0.286. The van der Waals surface area contributed by atoms with Crippen LogP contribution in [0.3, 0.4) is 0 Å². The molecule has 0 saturated carbocycles. The second-order valence-corrected chi connectivity index (χ2v) is 3.08. The maximum Gasteiger partial charge on any atom is 0.213 e. The maximum atomic E-state index is 12.4. The van der Waals surface area contributed by atoms with Crippen LogP contribution in [0.25, 0.3) is 0 Å². The number of halogens is 2. The molecule has 0 fully saturated rings. The molecule has 0 aromatic carbocycles. The van der Waals surface area contributed by atoms with E-state index in [-0.39, 0.29) is 0 Å². The summed E-state index contributed by atoms with van der Waals surface area (Å²) in [6, 6.07) is 3.11. The van der Waals surface area contributed by atoms with Gasteiger partial charge in [-0.15, -0.1) is 0 Å². The van der Waals surface area contributed by atoms with Crippen molar-refractivity contribution in [3.8, 4) is 0 Å². The molecule has 0 amide bonds. The molecule has 1 heterocycles. The van der Waals surface area contributed by atoms with Crippen LogP contribution in [0.2, 0.25) is 0 Å². The minimum atomic E-state index is -0.391. The molecule has 0 aliphatic heterocycles. The summed E-state index contributed by atoms with van der Waals surface area (Å²) in [7, 11) is 0. The van der Waals surface area contributed by atoms with Crippen molar-refractivity contribution in [3.05, 3.63) is 27.3 Å². The number of nitrogens with zero attached hydrogens (tertiary/aromatic N) is 1. The van der Waals surface area contributed by atoms with E-state index in [0.29, 0.717) is 0 Å². The van der Waals surface area contributed by atoms with Crippen molar-refractivity contribution in [1.29, 1.82) is 0 Å². The highest BCUT2D eigenvalue weighted by Crippen LogP contribution is 2.09. The van der Waals surface area contributed by atoms with Crippen molar-refractivity contribution in [2.45, 2.75) is 13.3 Å². The molecule has 0 aliphatic rings. The zero-order valence-electron chi connectivity index (χ0n) is 5.56. The van der Waals surface area contributed by atoms with Crippen LogP contribution >= 0.6 is 22.6 Å². The highest BCUT2D eigenvalue weighted by molar-refractivity contribution is 14.1. The highest BCUT2D eigenvalue weighted by atomic mass is 127. The van der Waals surface area contributed by atoms with Gasteiger partial charge >= 0.3 is 0 Å². The van der Waals surface area contributed by atoms with Crippen molar-refractivity contribution >= 4 is 22.6 Å². The predicted molar refractivity (Wildman–Crippen MR) is 46.3 cm³/mol. The lowest BCUT2D eigenvalue weighted by Gasteiger charge is -1.97. The third-order valence-corrected chi connectivity index (χ3v) is 2.20.